The van der Waals surface area contributed by atoms with Crippen LogP contribution in [0.15, 0.2) is 22.7 Å². The fraction of sp³-hybridized carbons (Fsp3) is 0.100. The molecule has 0 fully saturated rings. The van der Waals surface area contributed by atoms with Crippen LogP contribution in [-0.4, -0.2) is 16.0 Å². The Balaban J connectivity index is 3.34. The first kappa shape index (κ1) is 12.4. The van der Waals surface area contributed by atoms with Crippen LogP contribution in [0.1, 0.15) is 11.1 Å². The van der Waals surface area contributed by atoms with Gasteiger partial charge in [0.15, 0.2) is 0 Å². The zero-order valence-electron chi connectivity index (χ0n) is 8.31. The van der Waals surface area contributed by atoms with Crippen LogP contribution in [0, 0.1) is 17.0 Å². The number of carboxylic acids is 1. The second-order valence-electron chi connectivity index (χ2n) is 3.04. The molecule has 1 aromatic carbocycles. The summed E-state index contributed by atoms with van der Waals surface area (Å²) in [6.45, 7) is 1.60. The van der Waals surface area contributed by atoms with Crippen molar-refractivity contribution in [3.63, 3.8) is 0 Å². The number of rotatable bonds is 3. The summed E-state index contributed by atoms with van der Waals surface area (Å²) in [6.07, 6.45) is 2.08. The van der Waals surface area contributed by atoms with Crippen LogP contribution < -0.4 is 0 Å². The number of hydrogen-bond donors (Lipinski definition) is 1. The van der Waals surface area contributed by atoms with Crippen molar-refractivity contribution in [3.8, 4) is 0 Å². The van der Waals surface area contributed by atoms with Crippen molar-refractivity contribution in [3.05, 3.63) is 43.9 Å². The van der Waals surface area contributed by atoms with E-state index in [1.807, 2.05) is 0 Å². The summed E-state index contributed by atoms with van der Waals surface area (Å²) in [5.41, 5.74) is 0.650. The van der Waals surface area contributed by atoms with E-state index in [0.29, 0.717) is 10.0 Å². The molecule has 1 rings (SSSR count). The smallest absolute Gasteiger partial charge is 0.328 e. The number of aliphatic carboxylic acids is 1. The van der Waals surface area contributed by atoms with E-state index in [2.05, 4.69) is 15.9 Å². The average Bonchev–Trinajstić information content (AvgIpc) is 2.19. The molecule has 0 bridgehead atoms. The van der Waals surface area contributed by atoms with Crippen LogP contribution >= 0.6 is 15.9 Å². The van der Waals surface area contributed by atoms with E-state index in [1.165, 1.54) is 12.1 Å². The number of carbonyl (C=O) groups is 1. The molecule has 0 unspecified atom stereocenters. The quantitative estimate of drug-likeness (QED) is 0.526. The normalized spacial score (nSPS) is 10.6. The molecule has 84 valence electrons. The fourth-order valence-corrected chi connectivity index (χ4v) is 1.55. The molecular formula is C10H8BrNO4. The molecule has 0 spiro atoms. The van der Waals surface area contributed by atoms with Crippen LogP contribution in [0.5, 0.6) is 0 Å². The number of halogens is 1. The monoisotopic (exact) mass is 285 g/mol. The van der Waals surface area contributed by atoms with Crippen molar-refractivity contribution in [2.24, 2.45) is 0 Å². The van der Waals surface area contributed by atoms with Gasteiger partial charge in [-0.1, -0.05) is 15.9 Å². The van der Waals surface area contributed by atoms with Gasteiger partial charge in [-0.15, -0.1) is 0 Å². The van der Waals surface area contributed by atoms with E-state index < -0.39 is 10.9 Å². The van der Waals surface area contributed by atoms with Crippen LogP contribution in [0.25, 0.3) is 6.08 Å². The molecule has 0 heterocycles. The highest BCUT2D eigenvalue weighted by molar-refractivity contribution is 9.10. The van der Waals surface area contributed by atoms with Gasteiger partial charge in [0, 0.05) is 16.1 Å². The van der Waals surface area contributed by atoms with Crippen LogP contribution in [0.2, 0.25) is 0 Å². The van der Waals surface area contributed by atoms with Crippen LogP contribution in [-0.2, 0) is 4.79 Å². The largest absolute Gasteiger partial charge is 0.478 e. The lowest BCUT2D eigenvalue weighted by Gasteiger charge is -2.03. The van der Waals surface area contributed by atoms with Gasteiger partial charge in [-0.05, 0) is 25.1 Å². The number of nitro groups is 1. The minimum absolute atomic E-state index is 0.0909. The third kappa shape index (κ3) is 2.66. The van der Waals surface area contributed by atoms with Crippen LogP contribution in [0.3, 0.4) is 0 Å². The standard InChI is InChI=1S/C10H8BrNO4/c1-6-8(11)4-2-7(3-5-9(13)14)10(6)12(15)16/h2-5H,1H3,(H,13,14)/b5-3+. The van der Waals surface area contributed by atoms with Gasteiger partial charge < -0.3 is 5.11 Å². The van der Waals surface area contributed by atoms with E-state index >= 15 is 0 Å². The van der Waals surface area contributed by atoms with Crippen LogP contribution in [0.4, 0.5) is 5.69 Å². The lowest BCUT2D eigenvalue weighted by Crippen LogP contribution is -1.96. The highest BCUT2D eigenvalue weighted by Crippen LogP contribution is 2.30. The van der Waals surface area contributed by atoms with Crippen molar-refractivity contribution in [1.82, 2.24) is 0 Å². The minimum Gasteiger partial charge on any atom is -0.478 e. The molecule has 1 N–H and O–H groups in total. The summed E-state index contributed by atoms with van der Waals surface area (Å²) >= 11 is 3.18. The molecule has 0 aliphatic heterocycles. The first-order valence-electron chi connectivity index (χ1n) is 4.28. The summed E-state index contributed by atoms with van der Waals surface area (Å²) < 4.78 is 0.617. The zero-order valence-corrected chi connectivity index (χ0v) is 9.89. The van der Waals surface area contributed by atoms with Crippen molar-refractivity contribution in [2.75, 3.05) is 0 Å². The third-order valence-corrected chi connectivity index (χ3v) is 2.84. The van der Waals surface area contributed by atoms with E-state index in [9.17, 15) is 14.9 Å². The molecule has 0 aliphatic carbocycles. The van der Waals surface area contributed by atoms with Crippen molar-refractivity contribution in [1.29, 1.82) is 0 Å². The van der Waals surface area contributed by atoms with Gasteiger partial charge in [0.05, 0.1) is 10.5 Å². The highest BCUT2D eigenvalue weighted by atomic mass is 79.9. The lowest BCUT2D eigenvalue weighted by molar-refractivity contribution is -0.385. The minimum atomic E-state index is -1.14. The number of nitrogens with zero attached hydrogens (tertiary/aromatic N) is 1. The Bertz CT molecular complexity index is 482. The van der Waals surface area contributed by atoms with E-state index in [1.54, 1.807) is 13.0 Å². The van der Waals surface area contributed by atoms with E-state index in [-0.39, 0.29) is 11.3 Å². The molecule has 6 heteroatoms. The fourth-order valence-electron chi connectivity index (χ4n) is 1.23. The Morgan fingerprint density at radius 1 is 1.56 bits per heavy atom. The van der Waals surface area contributed by atoms with Gasteiger partial charge in [0.2, 0.25) is 0 Å². The molecule has 0 aromatic heterocycles. The second-order valence-corrected chi connectivity index (χ2v) is 3.89. The number of nitro benzene ring substituents is 1. The number of hydrogen-bond acceptors (Lipinski definition) is 3. The van der Waals surface area contributed by atoms with Gasteiger partial charge in [0.25, 0.3) is 5.69 Å². The maximum Gasteiger partial charge on any atom is 0.328 e. The molecule has 0 radical (unpaired) electrons. The zero-order chi connectivity index (χ0) is 12.3. The molecule has 5 nitrogen and oxygen atoms in total. The predicted octanol–water partition coefficient (Wildman–Crippen LogP) is 2.76. The Hall–Kier alpha value is -1.69. The Kier molecular flexibility index (Phi) is 3.78. The van der Waals surface area contributed by atoms with Crippen molar-refractivity contribution < 1.29 is 14.8 Å². The van der Waals surface area contributed by atoms with Gasteiger partial charge in [-0.3, -0.25) is 10.1 Å². The third-order valence-electron chi connectivity index (χ3n) is 1.98. The molecule has 0 saturated heterocycles. The highest BCUT2D eigenvalue weighted by Gasteiger charge is 2.17. The second kappa shape index (κ2) is 4.89. The Labute approximate surface area is 99.7 Å². The summed E-state index contributed by atoms with van der Waals surface area (Å²) in [6, 6.07) is 3.14. The molecular weight excluding hydrogens is 278 g/mol. The Morgan fingerprint density at radius 2 is 2.19 bits per heavy atom. The Morgan fingerprint density at radius 3 is 2.69 bits per heavy atom. The first-order chi connectivity index (χ1) is 7.43. The summed E-state index contributed by atoms with van der Waals surface area (Å²) in [5, 5.41) is 19.3. The van der Waals surface area contributed by atoms with Crippen molar-refractivity contribution >= 4 is 33.7 Å². The molecule has 0 saturated carbocycles. The van der Waals surface area contributed by atoms with E-state index in [4.69, 9.17) is 5.11 Å². The van der Waals surface area contributed by atoms with Gasteiger partial charge in [-0.2, -0.15) is 0 Å². The van der Waals surface area contributed by atoms with Gasteiger partial charge in [-0.25, -0.2) is 4.79 Å². The van der Waals surface area contributed by atoms with Gasteiger partial charge in [0.1, 0.15) is 0 Å². The topological polar surface area (TPSA) is 80.4 Å². The molecule has 16 heavy (non-hydrogen) atoms. The molecule has 0 amide bonds. The average molecular weight is 286 g/mol. The molecule has 1 aromatic rings. The summed E-state index contributed by atoms with van der Waals surface area (Å²) in [5.74, 6) is -1.14. The maximum atomic E-state index is 10.8. The number of benzene rings is 1. The van der Waals surface area contributed by atoms with E-state index in [0.717, 1.165) is 6.08 Å². The predicted molar refractivity (Wildman–Crippen MR) is 62.2 cm³/mol. The molecule has 0 aliphatic rings. The SMILES string of the molecule is Cc1c(Br)ccc(/C=C/C(=O)O)c1[N+](=O)[O-]. The van der Waals surface area contributed by atoms with Crippen molar-refractivity contribution in [2.45, 2.75) is 6.92 Å². The number of carboxylic acid groups (broad SMARTS) is 1. The first-order valence-corrected chi connectivity index (χ1v) is 5.07. The summed E-state index contributed by atoms with van der Waals surface area (Å²) in [4.78, 5) is 20.7. The molecule has 0 atom stereocenters. The summed E-state index contributed by atoms with van der Waals surface area (Å²) in [7, 11) is 0. The van der Waals surface area contributed by atoms with Gasteiger partial charge >= 0.3 is 5.97 Å². The maximum absolute atomic E-state index is 10.8. The lowest BCUT2D eigenvalue weighted by atomic mass is 10.1.